The van der Waals surface area contributed by atoms with Crippen LogP contribution in [0.5, 0.6) is 0 Å². The largest absolute Gasteiger partial charge is 0.382 e. The highest BCUT2D eigenvalue weighted by Gasteiger charge is 2.29. The van der Waals surface area contributed by atoms with Gasteiger partial charge in [-0.2, -0.15) is 0 Å². The number of nitrogens with one attached hydrogen (secondary N) is 1. The summed E-state index contributed by atoms with van der Waals surface area (Å²) in [6.07, 6.45) is 4.89. The number of carbonyl (C=O) groups excluding carboxylic acids is 1. The second-order valence-corrected chi connectivity index (χ2v) is 5.44. The molecule has 1 atom stereocenters. The van der Waals surface area contributed by atoms with Gasteiger partial charge in [0.1, 0.15) is 0 Å². The van der Waals surface area contributed by atoms with Gasteiger partial charge in [-0.3, -0.25) is 14.8 Å². The van der Waals surface area contributed by atoms with Crippen molar-refractivity contribution >= 4 is 28.2 Å². The van der Waals surface area contributed by atoms with E-state index >= 15 is 0 Å². The van der Waals surface area contributed by atoms with Crippen molar-refractivity contribution < 1.29 is 9.63 Å². The number of fused-ring (bicyclic) bond motifs is 1. The molecule has 0 saturated carbocycles. The standard InChI is InChI=1S/C18H14N4O2/c23-18(17-11-16(22-24-17)12-6-9-19-10-7-12)21-15-5-1-4-14-13(15)3-2-8-20-14/h1-10,17H,11H2,(H,21,23)/t17-/m1/s1. The number of nitrogens with zero attached hydrogens (tertiary/aromatic N) is 3. The monoisotopic (exact) mass is 318 g/mol. The number of anilines is 1. The summed E-state index contributed by atoms with van der Waals surface area (Å²) in [7, 11) is 0. The normalized spacial score (nSPS) is 16.5. The average molecular weight is 318 g/mol. The zero-order chi connectivity index (χ0) is 16.4. The Hall–Kier alpha value is -3.28. The van der Waals surface area contributed by atoms with E-state index in [0.29, 0.717) is 12.1 Å². The third-order valence-corrected chi connectivity index (χ3v) is 3.88. The molecule has 3 heterocycles. The molecule has 1 aliphatic heterocycles. The first kappa shape index (κ1) is 14.3. The van der Waals surface area contributed by atoms with Crippen LogP contribution < -0.4 is 5.32 Å². The Morgan fingerprint density at radius 2 is 1.96 bits per heavy atom. The van der Waals surface area contributed by atoms with Gasteiger partial charge >= 0.3 is 0 Å². The van der Waals surface area contributed by atoms with Crippen LogP contribution in [0.3, 0.4) is 0 Å². The van der Waals surface area contributed by atoms with Crippen molar-refractivity contribution in [2.45, 2.75) is 12.5 Å². The van der Waals surface area contributed by atoms with Gasteiger partial charge in [-0.25, -0.2) is 0 Å². The van der Waals surface area contributed by atoms with Gasteiger partial charge < -0.3 is 10.2 Å². The van der Waals surface area contributed by atoms with Crippen LogP contribution >= 0.6 is 0 Å². The predicted octanol–water partition coefficient (Wildman–Crippen LogP) is 2.76. The van der Waals surface area contributed by atoms with E-state index in [0.717, 1.165) is 22.2 Å². The Labute approximate surface area is 138 Å². The SMILES string of the molecule is O=C(Nc1cccc2ncccc12)[C@H]1CC(c2ccncc2)=NO1. The van der Waals surface area contributed by atoms with Gasteiger partial charge in [-0.05, 0) is 36.4 Å². The fourth-order valence-corrected chi connectivity index (χ4v) is 2.66. The van der Waals surface area contributed by atoms with Gasteiger partial charge in [0.25, 0.3) is 5.91 Å². The maximum Gasteiger partial charge on any atom is 0.268 e. The number of pyridine rings is 2. The van der Waals surface area contributed by atoms with Crippen molar-refractivity contribution in [3.05, 3.63) is 66.6 Å². The van der Waals surface area contributed by atoms with Crippen LogP contribution in [0, 0.1) is 0 Å². The van der Waals surface area contributed by atoms with Gasteiger partial charge in [-0.1, -0.05) is 11.2 Å². The van der Waals surface area contributed by atoms with Crippen molar-refractivity contribution in [1.29, 1.82) is 0 Å². The van der Waals surface area contributed by atoms with E-state index in [-0.39, 0.29) is 5.91 Å². The fourth-order valence-electron chi connectivity index (χ4n) is 2.66. The Morgan fingerprint density at radius 3 is 2.83 bits per heavy atom. The van der Waals surface area contributed by atoms with Crippen LogP contribution in [0.2, 0.25) is 0 Å². The molecule has 0 spiro atoms. The van der Waals surface area contributed by atoms with Crippen LogP contribution in [-0.4, -0.2) is 27.7 Å². The Balaban J connectivity index is 1.50. The van der Waals surface area contributed by atoms with Gasteiger partial charge in [0, 0.05) is 36.0 Å². The summed E-state index contributed by atoms with van der Waals surface area (Å²) in [5.41, 5.74) is 3.20. The molecule has 0 bridgehead atoms. The molecule has 1 aliphatic rings. The van der Waals surface area contributed by atoms with E-state index in [1.165, 1.54) is 0 Å². The maximum absolute atomic E-state index is 12.5. The zero-order valence-corrected chi connectivity index (χ0v) is 12.7. The van der Waals surface area contributed by atoms with E-state index in [1.54, 1.807) is 18.6 Å². The van der Waals surface area contributed by atoms with Crippen LogP contribution in [0.1, 0.15) is 12.0 Å². The first-order chi connectivity index (χ1) is 11.8. The minimum atomic E-state index is -0.639. The first-order valence-electron chi connectivity index (χ1n) is 7.59. The zero-order valence-electron chi connectivity index (χ0n) is 12.7. The second kappa shape index (κ2) is 6.08. The minimum absolute atomic E-state index is 0.223. The van der Waals surface area contributed by atoms with Crippen molar-refractivity contribution in [3.8, 4) is 0 Å². The molecule has 2 aromatic heterocycles. The lowest BCUT2D eigenvalue weighted by Gasteiger charge is -2.11. The average Bonchev–Trinajstić information content (AvgIpc) is 3.13. The van der Waals surface area contributed by atoms with E-state index in [2.05, 4.69) is 20.4 Å². The topological polar surface area (TPSA) is 76.5 Å². The smallest absolute Gasteiger partial charge is 0.268 e. The molecular weight excluding hydrogens is 304 g/mol. The van der Waals surface area contributed by atoms with E-state index in [9.17, 15) is 4.79 Å². The molecule has 3 aromatic rings. The molecule has 0 unspecified atom stereocenters. The summed E-state index contributed by atoms with van der Waals surface area (Å²) in [5, 5.41) is 7.83. The molecule has 4 rings (SSSR count). The fraction of sp³-hybridized carbons (Fsp3) is 0.111. The van der Waals surface area contributed by atoms with Crippen molar-refractivity contribution in [3.63, 3.8) is 0 Å². The van der Waals surface area contributed by atoms with Crippen molar-refractivity contribution in [2.24, 2.45) is 5.16 Å². The Bertz CT molecular complexity index is 919. The molecule has 1 aromatic carbocycles. The van der Waals surface area contributed by atoms with Crippen LogP contribution in [0.4, 0.5) is 5.69 Å². The van der Waals surface area contributed by atoms with Crippen molar-refractivity contribution in [1.82, 2.24) is 9.97 Å². The molecule has 0 aliphatic carbocycles. The Kier molecular flexibility index (Phi) is 3.63. The quantitative estimate of drug-likeness (QED) is 0.805. The van der Waals surface area contributed by atoms with Crippen LogP contribution in [-0.2, 0) is 9.63 Å². The lowest BCUT2D eigenvalue weighted by atomic mass is 10.1. The third-order valence-electron chi connectivity index (χ3n) is 3.88. The highest BCUT2D eigenvalue weighted by atomic mass is 16.6. The minimum Gasteiger partial charge on any atom is -0.382 e. The first-order valence-corrected chi connectivity index (χ1v) is 7.59. The molecular formula is C18H14N4O2. The lowest BCUT2D eigenvalue weighted by Crippen LogP contribution is -2.28. The predicted molar refractivity (Wildman–Crippen MR) is 90.6 cm³/mol. The van der Waals surface area contributed by atoms with Gasteiger partial charge in [0.15, 0.2) is 0 Å². The molecule has 118 valence electrons. The number of amides is 1. The summed E-state index contributed by atoms with van der Waals surface area (Å²) in [6.45, 7) is 0. The van der Waals surface area contributed by atoms with E-state index < -0.39 is 6.10 Å². The number of oxime groups is 1. The number of carbonyl (C=O) groups is 1. The highest BCUT2D eigenvalue weighted by molar-refractivity contribution is 6.08. The molecule has 1 amide bonds. The molecule has 24 heavy (non-hydrogen) atoms. The van der Waals surface area contributed by atoms with Gasteiger partial charge in [-0.15, -0.1) is 0 Å². The molecule has 1 N–H and O–H groups in total. The summed E-state index contributed by atoms with van der Waals surface area (Å²) in [6, 6.07) is 13.1. The lowest BCUT2D eigenvalue weighted by molar-refractivity contribution is -0.125. The third kappa shape index (κ3) is 2.69. The van der Waals surface area contributed by atoms with Gasteiger partial charge in [0.05, 0.1) is 16.9 Å². The molecule has 0 radical (unpaired) electrons. The molecule has 0 fully saturated rings. The van der Waals surface area contributed by atoms with E-state index in [4.69, 9.17) is 4.84 Å². The van der Waals surface area contributed by atoms with E-state index in [1.807, 2.05) is 42.5 Å². The number of hydrogen-bond acceptors (Lipinski definition) is 5. The number of benzene rings is 1. The number of aromatic nitrogens is 2. The Morgan fingerprint density at radius 1 is 1.08 bits per heavy atom. The molecule has 6 heteroatoms. The number of hydrogen-bond donors (Lipinski definition) is 1. The van der Waals surface area contributed by atoms with Crippen LogP contribution in [0.15, 0.2) is 66.2 Å². The highest BCUT2D eigenvalue weighted by Crippen LogP contribution is 2.23. The van der Waals surface area contributed by atoms with Gasteiger partial charge in [0.2, 0.25) is 6.10 Å². The molecule has 6 nitrogen and oxygen atoms in total. The summed E-state index contributed by atoms with van der Waals surface area (Å²) < 4.78 is 0. The second-order valence-electron chi connectivity index (χ2n) is 5.44. The number of rotatable bonds is 3. The summed E-state index contributed by atoms with van der Waals surface area (Å²) >= 11 is 0. The van der Waals surface area contributed by atoms with Crippen LogP contribution in [0.25, 0.3) is 10.9 Å². The molecule has 0 saturated heterocycles. The maximum atomic E-state index is 12.5. The van der Waals surface area contributed by atoms with Crippen molar-refractivity contribution in [2.75, 3.05) is 5.32 Å². The summed E-state index contributed by atoms with van der Waals surface area (Å²) in [5.74, 6) is -0.223. The summed E-state index contributed by atoms with van der Waals surface area (Å²) in [4.78, 5) is 26.1.